The third-order valence-electron chi connectivity index (χ3n) is 10.0. The van der Waals surface area contributed by atoms with Gasteiger partial charge in [0.05, 0.1) is 15.9 Å². The summed E-state index contributed by atoms with van der Waals surface area (Å²) in [5.41, 5.74) is 2.88. The maximum Gasteiger partial charge on any atom is 0.226 e. The molecule has 1 N–H and O–H groups in total. The van der Waals surface area contributed by atoms with E-state index in [4.69, 9.17) is 11.6 Å². The molecule has 0 radical (unpaired) electrons. The zero-order valence-corrected chi connectivity index (χ0v) is 22.9. The monoisotopic (exact) mass is 547 g/mol. The van der Waals surface area contributed by atoms with Crippen molar-refractivity contribution < 1.29 is 9.59 Å². The van der Waals surface area contributed by atoms with Gasteiger partial charge in [0.1, 0.15) is 0 Å². The Labute approximate surface area is 216 Å². The molecule has 1 aromatic heterocycles. The minimum Gasteiger partial charge on any atom is -0.325 e. The number of amides is 2. The van der Waals surface area contributed by atoms with Crippen molar-refractivity contribution in [1.82, 2.24) is 9.88 Å². The van der Waals surface area contributed by atoms with Crippen molar-refractivity contribution in [3.8, 4) is 0 Å². The first-order valence-electron chi connectivity index (χ1n) is 12.6. The quantitative estimate of drug-likeness (QED) is 0.460. The van der Waals surface area contributed by atoms with Crippen LogP contribution < -0.4 is 5.32 Å². The van der Waals surface area contributed by atoms with Crippen molar-refractivity contribution in [1.29, 1.82) is 0 Å². The SMILES string of the molecule is Cc1nccc(NC(=O)C[C@H]2CC[C@H]3C4CC(Cl)=C5N(C)C(=O)CC[C@]5(C)C4CC[C@]23C)c1Br. The summed E-state index contributed by atoms with van der Waals surface area (Å²) in [6, 6.07) is 1.85. The number of halogens is 2. The second-order valence-corrected chi connectivity index (χ2v) is 12.8. The van der Waals surface area contributed by atoms with E-state index in [1.807, 2.05) is 24.9 Å². The Morgan fingerprint density at radius 2 is 2.03 bits per heavy atom. The van der Waals surface area contributed by atoms with Crippen LogP contribution >= 0.6 is 27.5 Å². The Balaban J connectivity index is 1.35. The van der Waals surface area contributed by atoms with Crippen molar-refractivity contribution >= 4 is 45.0 Å². The van der Waals surface area contributed by atoms with Gasteiger partial charge in [0.15, 0.2) is 0 Å². The number of piperidine rings is 1. The van der Waals surface area contributed by atoms with Crippen molar-refractivity contribution in [3.05, 3.63) is 33.2 Å². The van der Waals surface area contributed by atoms with Gasteiger partial charge >= 0.3 is 0 Å². The predicted molar refractivity (Wildman–Crippen MR) is 138 cm³/mol. The molecule has 3 fully saturated rings. The van der Waals surface area contributed by atoms with Crippen LogP contribution in [0.25, 0.3) is 0 Å². The molecule has 0 spiro atoms. The van der Waals surface area contributed by atoms with Gasteiger partial charge in [-0.2, -0.15) is 0 Å². The highest BCUT2D eigenvalue weighted by Crippen LogP contribution is 2.67. The van der Waals surface area contributed by atoms with Crippen molar-refractivity contribution in [2.24, 2.45) is 34.5 Å². The van der Waals surface area contributed by atoms with Crippen molar-refractivity contribution in [2.75, 3.05) is 12.4 Å². The van der Waals surface area contributed by atoms with Gasteiger partial charge in [-0.05, 0) is 96.5 Å². The molecule has 2 amide bonds. The Morgan fingerprint density at radius 3 is 2.79 bits per heavy atom. The minimum atomic E-state index is -0.0229. The first-order chi connectivity index (χ1) is 16.1. The minimum absolute atomic E-state index is 0.0229. The summed E-state index contributed by atoms with van der Waals surface area (Å²) >= 11 is 10.5. The van der Waals surface area contributed by atoms with E-state index in [1.54, 1.807) is 6.20 Å². The number of rotatable bonds is 3. The van der Waals surface area contributed by atoms with E-state index in [9.17, 15) is 9.59 Å². The molecule has 2 saturated carbocycles. The Morgan fingerprint density at radius 1 is 1.26 bits per heavy atom. The van der Waals surface area contributed by atoms with Gasteiger partial charge < -0.3 is 10.2 Å². The normalized spacial score (nSPS) is 37.2. The lowest BCUT2D eigenvalue weighted by Gasteiger charge is -2.59. The summed E-state index contributed by atoms with van der Waals surface area (Å²) in [6.07, 6.45) is 9.23. The predicted octanol–water partition coefficient (Wildman–Crippen LogP) is 6.65. The van der Waals surface area contributed by atoms with Crippen LogP contribution in [0.1, 0.15) is 70.9 Å². The van der Waals surface area contributed by atoms with Gasteiger partial charge in [-0.3, -0.25) is 14.6 Å². The number of aryl methyl sites for hydroxylation is 1. The molecule has 0 bridgehead atoms. The first kappa shape index (κ1) is 24.3. The van der Waals surface area contributed by atoms with Gasteiger partial charge in [-0.1, -0.05) is 25.4 Å². The van der Waals surface area contributed by atoms with Gasteiger partial charge in [-0.15, -0.1) is 0 Å². The smallest absolute Gasteiger partial charge is 0.226 e. The fourth-order valence-electron chi connectivity index (χ4n) is 8.19. The van der Waals surface area contributed by atoms with Gasteiger partial charge in [0.2, 0.25) is 11.8 Å². The number of carbonyl (C=O) groups is 2. The highest BCUT2D eigenvalue weighted by molar-refractivity contribution is 9.10. The number of hydrogen-bond donors (Lipinski definition) is 1. The van der Waals surface area contributed by atoms with E-state index in [1.165, 1.54) is 0 Å². The summed E-state index contributed by atoms with van der Waals surface area (Å²) in [7, 11) is 1.90. The lowest BCUT2D eigenvalue weighted by molar-refractivity contribution is -0.136. The Hall–Kier alpha value is -1.40. The maximum atomic E-state index is 13.1. The Kier molecular flexibility index (Phi) is 6.16. The number of aromatic nitrogens is 1. The summed E-state index contributed by atoms with van der Waals surface area (Å²) < 4.78 is 0.850. The molecule has 0 aromatic carbocycles. The van der Waals surface area contributed by atoms with Crippen LogP contribution in [-0.4, -0.2) is 28.7 Å². The average Bonchev–Trinajstić information content (AvgIpc) is 3.10. The van der Waals surface area contributed by atoms with Crippen molar-refractivity contribution in [2.45, 2.75) is 72.1 Å². The number of nitrogens with zero attached hydrogens (tertiary/aromatic N) is 2. The van der Waals surface area contributed by atoms with E-state index < -0.39 is 0 Å². The van der Waals surface area contributed by atoms with Crippen LogP contribution in [0.5, 0.6) is 0 Å². The molecule has 2 unspecified atom stereocenters. The summed E-state index contributed by atoms with van der Waals surface area (Å²) in [4.78, 5) is 31.6. The van der Waals surface area contributed by atoms with E-state index in [-0.39, 0.29) is 22.6 Å². The molecular weight excluding hydrogens is 514 g/mol. The molecule has 1 saturated heterocycles. The molecule has 1 aromatic rings. The number of anilines is 1. The van der Waals surface area contributed by atoms with E-state index in [0.29, 0.717) is 36.5 Å². The molecule has 1 aliphatic heterocycles. The lowest BCUT2D eigenvalue weighted by Crippen LogP contribution is -2.54. The molecule has 7 heteroatoms. The van der Waals surface area contributed by atoms with Crippen LogP contribution in [0.3, 0.4) is 0 Å². The van der Waals surface area contributed by atoms with Gasteiger partial charge in [0.25, 0.3) is 0 Å². The third kappa shape index (κ3) is 3.66. The average molecular weight is 549 g/mol. The molecule has 2 heterocycles. The van der Waals surface area contributed by atoms with Crippen LogP contribution in [0.2, 0.25) is 0 Å². The highest BCUT2D eigenvalue weighted by atomic mass is 79.9. The van der Waals surface area contributed by atoms with Crippen LogP contribution in [0.15, 0.2) is 27.5 Å². The topological polar surface area (TPSA) is 62.3 Å². The molecule has 6 atom stereocenters. The second-order valence-electron chi connectivity index (χ2n) is 11.5. The molecule has 184 valence electrons. The number of pyridine rings is 1. The lowest BCUT2D eigenvalue weighted by atomic mass is 9.49. The number of likely N-dealkylation sites (tertiary alicyclic amines) is 1. The van der Waals surface area contributed by atoms with Gasteiger partial charge in [0, 0.05) is 42.2 Å². The summed E-state index contributed by atoms with van der Waals surface area (Å²) in [5.74, 6) is 2.33. The van der Waals surface area contributed by atoms with Gasteiger partial charge in [-0.25, -0.2) is 0 Å². The standard InChI is InChI=1S/C27H35BrClN3O2/c1-15-24(28)21(9-12-30-15)31-22(33)13-16-5-6-18-17-14-20(29)25-27(3,11-8-23(34)32(25)4)19(17)7-10-26(16,18)2/h9,12,16-19H,5-8,10-11,13-14H2,1-4H3,(H,30,31,33)/t16-,17?,18+,19?,26-,27-/m1/s1. The molecule has 5 rings (SSSR count). The van der Waals surface area contributed by atoms with Crippen LogP contribution in [-0.2, 0) is 9.59 Å². The molecule has 4 aliphatic rings. The van der Waals surface area contributed by atoms with Crippen molar-refractivity contribution in [3.63, 3.8) is 0 Å². The zero-order valence-electron chi connectivity index (χ0n) is 20.6. The van der Waals surface area contributed by atoms with Crippen LogP contribution in [0, 0.1) is 41.4 Å². The Bertz CT molecular complexity index is 1070. The van der Waals surface area contributed by atoms with E-state index in [2.05, 4.69) is 40.1 Å². The van der Waals surface area contributed by atoms with Crippen LogP contribution in [0.4, 0.5) is 5.69 Å². The molecule has 34 heavy (non-hydrogen) atoms. The maximum absolute atomic E-state index is 13.1. The van der Waals surface area contributed by atoms with E-state index >= 15 is 0 Å². The summed E-state index contributed by atoms with van der Waals surface area (Å²) in [5, 5.41) is 4.01. The third-order valence-corrected chi connectivity index (χ3v) is 11.3. The van der Waals surface area contributed by atoms with E-state index in [0.717, 1.165) is 65.1 Å². The number of allylic oxidation sites excluding steroid dienone is 2. The zero-order chi connectivity index (χ0) is 24.4. The summed E-state index contributed by atoms with van der Waals surface area (Å²) in [6.45, 7) is 6.70. The first-order valence-corrected chi connectivity index (χ1v) is 13.8. The molecule has 3 aliphatic carbocycles. The fraction of sp³-hybridized carbons (Fsp3) is 0.667. The molecule has 5 nitrogen and oxygen atoms in total. The second kappa shape index (κ2) is 8.62. The fourth-order valence-corrected chi connectivity index (χ4v) is 9.05. The molecular formula is C27H35BrClN3O2. The number of carbonyl (C=O) groups excluding carboxylic acids is 2. The number of hydrogen-bond acceptors (Lipinski definition) is 3. The largest absolute Gasteiger partial charge is 0.325 e. The number of fused-ring (bicyclic) bond motifs is 5. The number of nitrogens with one attached hydrogen (secondary N) is 1. The highest BCUT2D eigenvalue weighted by Gasteiger charge is 2.60.